The van der Waals surface area contributed by atoms with Gasteiger partial charge in [-0.1, -0.05) is 11.1 Å². The highest BCUT2D eigenvalue weighted by atomic mass is 15.3. The summed E-state index contributed by atoms with van der Waals surface area (Å²) < 4.78 is 0. The molecule has 1 aromatic rings. The van der Waals surface area contributed by atoms with Crippen molar-refractivity contribution in [1.29, 1.82) is 0 Å². The quantitative estimate of drug-likeness (QED) is 0.668. The second kappa shape index (κ2) is 5.64. The van der Waals surface area contributed by atoms with Gasteiger partial charge in [-0.25, -0.2) is 0 Å². The molecule has 1 aromatic heterocycles. The minimum Gasteiger partial charge on any atom is -0.348 e. The summed E-state index contributed by atoms with van der Waals surface area (Å²) in [5, 5.41) is 3.82. The van der Waals surface area contributed by atoms with E-state index in [1.54, 1.807) is 11.1 Å². The molecule has 140 valence electrons. The molecular formula is C22H37N3. The average Bonchev–Trinajstić information content (AvgIpc) is 2.85. The van der Waals surface area contributed by atoms with E-state index >= 15 is 0 Å². The number of nitrogens with one attached hydrogen (secondary N) is 2. The Labute approximate surface area is 154 Å². The number of rotatable bonds is 1. The van der Waals surface area contributed by atoms with Gasteiger partial charge in [-0.2, -0.15) is 0 Å². The van der Waals surface area contributed by atoms with Crippen LogP contribution < -0.4 is 10.2 Å². The van der Waals surface area contributed by atoms with Gasteiger partial charge in [-0.3, -0.25) is 0 Å². The number of aromatic nitrogens is 1. The zero-order valence-electron chi connectivity index (χ0n) is 17.5. The molecule has 2 N–H and O–H groups in total. The SMILES string of the molecule is CC1(C)CC(=C2CC(C)(C)N(c3ccc[nH]3)C(C)(C)C2)CC(C)(C)N1. The second-order valence-corrected chi connectivity index (χ2v) is 10.8. The summed E-state index contributed by atoms with van der Waals surface area (Å²) in [5.74, 6) is 1.24. The fourth-order valence-electron chi connectivity index (χ4n) is 5.83. The van der Waals surface area contributed by atoms with E-state index in [-0.39, 0.29) is 22.2 Å². The van der Waals surface area contributed by atoms with Crippen LogP contribution in [0.1, 0.15) is 81.1 Å². The van der Waals surface area contributed by atoms with E-state index < -0.39 is 0 Å². The summed E-state index contributed by atoms with van der Waals surface area (Å²) in [6.07, 6.45) is 6.67. The lowest BCUT2D eigenvalue weighted by molar-refractivity contribution is 0.215. The molecule has 0 unspecified atom stereocenters. The molecule has 0 amide bonds. The maximum Gasteiger partial charge on any atom is 0.106 e. The van der Waals surface area contributed by atoms with Gasteiger partial charge >= 0.3 is 0 Å². The average molecular weight is 344 g/mol. The maximum absolute atomic E-state index is 3.82. The molecule has 0 aromatic carbocycles. The van der Waals surface area contributed by atoms with Gasteiger partial charge in [-0.05, 0) is 93.2 Å². The zero-order valence-corrected chi connectivity index (χ0v) is 17.5. The van der Waals surface area contributed by atoms with Crippen molar-refractivity contribution in [2.75, 3.05) is 4.90 Å². The van der Waals surface area contributed by atoms with Gasteiger partial charge < -0.3 is 15.2 Å². The summed E-state index contributed by atoms with van der Waals surface area (Å²) in [5.41, 5.74) is 3.95. The lowest BCUT2D eigenvalue weighted by Gasteiger charge is -2.56. The Morgan fingerprint density at radius 1 is 0.760 bits per heavy atom. The third kappa shape index (κ3) is 3.67. The van der Waals surface area contributed by atoms with Crippen LogP contribution in [-0.4, -0.2) is 27.1 Å². The summed E-state index contributed by atoms with van der Waals surface area (Å²) in [7, 11) is 0. The van der Waals surface area contributed by atoms with Gasteiger partial charge in [0.25, 0.3) is 0 Å². The zero-order chi connectivity index (χ0) is 18.7. The van der Waals surface area contributed by atoms with E-state index in [4.69, 9.17) is 0 Å². The molecule has 3 nitrogen and oxygen atoms in total. The fraction of sp³-hybridized carbons (Fsp3) is 0.727. The van der Waals surface area contributed by atoms with Crippen LogP contribution in [0.25, 0.3) is 0 Å². The number of hydrogen-bond acceptors (Lipinski definition) is 2. The largest absolute Gasteiger partial charge is 0.348 e. The van der Waals surface area contributed by atoms with E-state index in [0.29, 0.717) is 0 Å². The number of anilines is 1. The van der Waals surface area contributed by atoms with Crippen LogP contribution in [0.2, 0.25) is 0 Å². The highest BCUT2D eigenvalue weighted by Gasteiger charge is 2.45. The first-order valence-electron chi connectivity index (χ1n) is 9.74. The molecule has 3 heterocycles. The van der Waals surface area contributed by atoms with Crippen molar-refractivity contribution in [2.45, 2.75) is 103 Å². The Morgan fingerprint density at radius 3 is 1.68 bits per heavy atom. The predicted molar refractivity (Wildman–Crippen MR) is 108 cm³/mol. The van der Waals surface area contributed by atoms with Crippen LogP contribution in [-0.2, 0) is 0 Å². The lowest BCUT2D eigenvalue weighted by atomic mass is 9.70. The Morgan fingerprint density at radius 2 is 1.24 bits per heavy atom. The third-order valence-corrected chi connectivity index (χ3v) is 5.81. The van der Waals surface area contributed by atoms with E-state index in [2.05, 4.69) is 82.7 Å². The molecule has 0 spiro atoms. The molecule has 2 fully saturated rings. The van der Waals surface area contributed by atoms with E-state index in [1.807, 2.05) is 6.20 Å². The molecule has 3 heteroatoms. The molecule has 2 aliphatic heterocycles. The minimum absolute atomic E-state index is 0.105. The molecule has 0 radical (unpaired) electrons. The number of hydrogen-bond donors (Lipinski definition) is 2. The summed E-state index contributed by atoms with van der Waals surface area (Å²) in [4.78, 5) is 6.04. The number of aromatic amines is 1. The molecule has 0 bridgehead atoms. The minimum atomic E-state index is 0.105. The molecule has 0 aliphatic carbocycles. The highest BCUT2D eigenvalue weighted by Crippen LogP contribution is 2.47. The molecule has 3 rings (SSSR count). The van der Waals surface area contributed by atoms with Gasteiger partial charge in [0.05, 0.1) is 0 Å². The molecule has 0 saturated carbocycles. The van der Waals surface area contributed by atoms with Gasteiger partial charge in [0.1, 0.15) is 5.82 Å². The molecule has 25 heavy (non-hydrogen) atoms. The molecule has 2 aliphatic rings. The highest BCUT2D eigenvalue weighted by molar-refractivity contribution is 5.49. The Kier molecular flexibility index (Phi) is 4.19. The van der Waals surface area contributed by atoms with Crippen LogP contribution in [0, 0.1) is 0 Å². The van der Waals surface area contributed by atoms with Crippen molar-refractivity contribution < 1.29 is 0 Å². The van der Waals surface area contributed by atoms with Crippen molar-refractivity contribution in [2.24, 2.45) is 0 Å². The van der Waals surface area contributed by atoms with Crippen LogP contribution in [0.15, 0.2) is 29.5 Å². The van der Waals surface area contributed by atoms with Crippen LogP contribution in [0.3, 0.4) is 0 Å². The van der Waals surface area contributed by atoms with Crippen molar-refractivity contribution >= 4 is 5.82 Å². The summed E-state index contributed by atoms with van der Waals surface area (Å²) >= 11 is 0. The van der Waals surface area contributed by atoms with Crippen LogP contribution >= 0.6 is 0 Å². The standard InChI is InChI=1S/C22H37N3/c1-19(2)12-16(13-20(3,4)24-19)17-14-21(5,6)25(22(7,8)15-17)18-10-9-11-23-18/h9-11,23-24H,12-15H2,1-8H3. The normalized spacial score (nSPS) is 27.4. The number of H-pyrrole nitrogens is 1. The van der Waals surface area contributed by atoms with Crippen molar-refractivity contribution in [3.63, 3.8) is 0 Å². The second-order valence-electron chi connectivity index (χ2n) is 10.8. The van der Waals surface area contributed by atoms with Crippen molar-refractivity contribution in [3.8, 4) is 0 Å². The topological polar surface area (TPSA) is 31.1 Å². The molecule has 0 atom stereocenters. The Bertz CT molecular complexity index is 621. The van der Waals surface area contributed by atoms with Gasteiger partial charge in [0.15, 0.2) is 0 Å². The molecule has 2 saturated heterocycles. The fourth-order valence-corrected chi connectivity index (χ4v) is 5.83. The van der Waals surface area contributed by atoms with Gasteiger partial charge in [-0.15, -0.1) is 0 Å². The van der Waals surface area contributed by atoms with E-state index in [1.165, 1.54) is 18.7 Å². The van der Waals surface area contributed by atoms with Crippen molar-refractivity contribution in [1.82, 2.24) is 10.3 Å². The number of piperidine rings is 2. The maximum atomic E-state index is 3.82. The van der Waals surface area contributed by atoms with Crippen LogP contribution in [0.4, 0.5) is 5.82 Å². The summed E-state index contributed by atoms with van der Waals surface area (Å²) in [6, 6.07) is 4.31. The Hall–Kier alpha value is -1.22. The smallest absolute Gasteiger partial charge is 0.106 e. The van der Waals surface area contributed by atoms with Crippen molar-refractivity contribution in [3.05, 3.63) is 29.5 Å². The third-order valence-electron chi connectivity index (χ3n) is 5.81. The van der Waals surface area contributed by atoms with Gasteiger partial charge in [0, 0.05) is 28.4 Å². The van der Waals surface area contributed by atoms with Gasteiger partial charge in [0.2, 0.25) is 0 Å². The monoisotopic (exact) mass is 343 g/mol. The lowest BCUT2D eigenvalue weighted by Crippen LogP contribution is -2.60. The number of nitrogens with zero attached hydrogens (tertiary/aromatic N) is 1. The van der Waals surface area contributed by atoms with E-state index in [9.17, 15) is 0 Å². The molecular weight excluding hydrogens is 306 g/mol. The van der Waals surface area contributed by atoms with Crippen LogP contribution in [0.5, 0.6) is 0 Å². The first-order chi connectivity index (χ1) is 11.3. The summed E-state index contributed by atoms with van der Waals surface area (Å²) in [6.45, 7) is 19.0. The Balaban J connectivity index is 1.99. The predicted octanol–water partition coefficient (Wildman–Crippen LogP) is 5.41. The first-order valence-corrected chi connectivity index (χ1v) is 9.74. The van der Waals surface area contributed by atoms with E-state index in [0.717, 1.165) is 12.8 Å². The first kappa shape index (κ1) is 18.6.